The minimum Gasteiger partial charge on any atom is -0.322 e. The third-order valence-electron chi connectivity index (χ3n) is 5.21. The average Bonchev–Trinajstić information content (AvgIpc) is 3.18. The van der Waals surface area contributed by atoms with Gasteiger partial charge >= 0.3 is 0 Å². The van der Waals surface area contributed by atoms with Crippen molar-refractivity contribution in [3.05, 3.63) is 107 Å². The number of benzene rings is 3. The smallest absolute Gasteiger partial charge is 0.271 e. The van der Waals surface area contributed by atoms with Gasteiger partial charge in [-0.25, -0.2) is 9.82 Å². The van der Waals surface area contributed by atoms with E-state index >= 15 is 0 Å². The quantitative estimate of drug-likeness (QED) is 0.438. The van der Waals surface area contributed by atoms with Gasteiger partial charge in [-0.15, -0.1) is 11.8 Å². The molecule has 0 spiro atoms. The molecule has 3 aromatic rings. The monoisotopic (exact) mass is 447 g/mol. The van der Waals surface area contributed by atoms with Gasteiger partial charge in [-0.2, -0.15) is 5.10 Å². The van der Waals surface area contributed by atoms with Gasteiger partial charge in [-0.1, -0.05) is 54.6 Å². The maximum atomic E-state index is 13.1. The molecule has 0 bridgehead atoms. The maximum Gasteiger partial charge on any atom is 0.271 e. The van der Waals surface area contributed by atoms with Crippen LogP contribution in [-0.4, -0.2) is 28.2 Å². The Morgan fingerprint density at radius 1 is 1.03 bits per heavy atom. The molecule has 3 aromatic carbocycles. The number of carbonyl (C=O) groups is 2. The summed E-state index contributed by atoms with van der Waals surface area (Å²) in [6, 6.07) is 23.0. The van der Waals surface area contributed by atoms with E-state index in [1.165, 1.54) is 12.1 Å². The summed E-state index contributed by atoms with van der Waals surface area (Å²) in [4.78, 5) is 26.8. The number of hydrazone groups is 1. The third kappa shape index (κ3) is 5.06. The van der Waals surface area contributed by atoms with E-state index in [0.29, 0.717) is 23.6 Å². The first kappa shape index (κ1) is 21.8. The van der Waals surface area contributed by atoms with Crippen LogP contribution in [-0.2, 0) is 11.3 Å². The minimum absolute atomic E-state index is 0.0847. The lowest BCUT2D eigenvalue weighted by atomic mass is 10.1. The van der Waals surface area contributed by atoms with Crippen LogP contribution in [0, 0.1) is 5.82 Å². The predicted molar refractivity (Wildman–Crippen MR) is 125 cm³/mol. The van der Waals surface area contributed by atoms with Crippen molar-refractivity contribution in [2.45, 2.75) is 18.8 Å². The molecule has 1 heterocycles. The predicted octanol–water partition coefficient (Wildman–Crippen LogP) is 4.75. The Morgan fingerprint density at radius 3 is 2.38 bits per heavy atom. The lowest BCUT2D eigenvalue weighted by Crippen LogP contribution is -2.27. The fourth-order valence-electron chi connectivity index (χ4n) is 3.44. The Hall–Kier alpha value is -3.45. The number of nitrogens with zero attached hydrogens (tertiary/aromatic N) is 2. The molecule has 32 heavy (non-hydrogen) atoms. The average molecular weight is 448 g/mol. The zero-order valence-corrected chi connectivity index (χ0v) is 18.3. The minimum atomic E-state index is -0.339. The molecule has 1 fully saturated rings. The molecular formula is C25H22FN3O2S. The fraction of sp³-hybridized carbons (Fsp3) is 0.160. The zero-order chi connectivity index (χ0) is 22.5. The highest BCUT2D eigenvalue weighted by molar-refractivity contribution is 8.00. The van der Waals surface area contributed by atoms with Crippen molar-refractivity contribution in [2.75, 3.05) is 5.75 Å². The highest BCUT2D eigenvalue weighted by atomic mass is 32.2. The summed E-state index contributed by atoms with van der Waals surface area (Å²) in [5, 5.41) is 4.02. The molecule has 4 rings (SSSR count). The molecule has 1 saturated heterocycles. The summed E-state index contributed by atoms with van der Waals surface area (Å²) < 4.78 is 13.1. The Kier molecular flexibility index (Phi) is 6.66. The van der Waals surface area contributed by atoms with Gasteiger partial charge < -0.3 is 4.90 Å². The van der Waals surface area contributed by atoms with Crippen molar-refractivity contribution in [3.8, 4) is 0 Å². The van der Waals surface area contributed by atoms with Crippen LogP contribution in [0.5, 0.6) is 0 Å². The standard InChI is InChI=1S/C25H22FN3O2S/c1-17(19-11-13-22(26)14-12-19)27-28-24(31)20-7-9-21(10-8-20)25-29(23(30)16-32-25)15-18-5-3-2-4-6-18/h2-14,25H,15-16H2,1H3,(H,28,31)/b27-17-/t25-/m1/s1. The topological polar surface area (TPSA) is 61.8 Å². The first-order valence-electron chi connectivity index (χ1n) is 10.2. The Balaban J connectivity index is 1.42. The molecule has 1 aliphatic rings. The molecule has 1 N–H and O–H groups in total. The second-order valence-corrected chi connectivity index (χ2v) is 8.51. The van der Waals surface area contributed by atoms with Gasteiger partial charge in [-0.3, -0.25) is 9.59 Å². The van der Waals surface area contributed by atoms with Crippen molar-refractivity contribution >= 4 is 29.3 Å². The molecule has 7 heteroatoms. The van der Waals surface area contributed by atoms with E-state index in [1.807, 2.05) is 47.4 Å². The van der Waals surface area contributed by atoms with Crippen LogP contribution in [0.4, 0.5) is 4.39 Å². The fourth-order valence-corrected chi connectivity index (χ4v) is 4.62. The van der Waals surface area contributed by atoms with Gasteiger partial charge in [0.1, 0.15) is 11.2 Å². The zero-order valence-electron chi connectivity index (χ0n) is 17.5. The van der Waals surface area contributed by atoms with Crippen molar-refractivity contribution in [1.29, 1.82) is 0 Å². The molecule has 1 atom stereocenters. The molecule has 2 amide bonds. The first-order valence-corrected chi connectivity index (χ1v) is 11.2. The number of carbonyl (C=O) groups excluding carboxylic acids is 2. The number of amides is 2. The van der Waals surface area contributed by atoms with Crippen LogP contribution in [0.15, 0.2) is 84.0 Å². The second-order valence-electron chi connectivity index (χ2n) is 7.44. The van der Waals surface area contributed by atoms with E-state index in [0.717, 1.165) is 16.7 Å². The Labute approximate surface area is 190 Å². The lowest BCUT2D eigenvalue weighted by Gasteiger charge is -2.24. The number of hydrogen-bond donors (Lipinski definition) is 1. The van der Waals surface area contributed by atoms with Crippen LogP contribution < -0.4 is 5.43 Å². The van der Waals surface area contributed by atoms with E-state index in [4.69, 9.17) is 0 Å². The van der Waals surface area contributed by atoms with E-state index in [-0.39, 0.29) is 23.0 Å². The highest BCUT2D eigenvalue weighted by Gasteiger charge is 2.32. The molecular weight excluding hydrogens is 425 g/mol. The number of hydrogen-bond acceptors (Lipinski definition) is 4. The maximum absolute atomic E-state index is 13.1. The Morgan fingerprint density at radius 2 is 1.69 bits per heavy atom. The van der Waals surface area contributed by atoms with Crippen LogP contribution in [0.1, 0.15) is 39.3 Å². The van der Waals surface area contributed by atoms with Gasteiger partial charge in [0.25, 0.3) is 5.91 Å². The van der Waals surface area contributed by atoms with Crippen LogP contribution in [0.25, 0.3) is 0 Å². The van der Waals surface area contributed by atoms with Crippen LogP contribution in [0.2, 0.25) is 0 Å². The van der Waals surface area contributed by atoms with Crippen LogP contribution in [0.3, 0.4) is 0 Å². The van der Waals surface area contributed by atoms with E-state index in [2.05, 4.69) is 10.5 Å². The van der Waals surface area contributed by atoms with E-state index in [1.54, 1.807) is 43.0 Å². The molecule has 0 aromatic heterocycles. The number of rotatable bonds is 6. The molecule has 0 saturated carbocycles. The first-order chi connectivity index (χ1) is 15.5. The molecule has 0 radical (unpaired) electrons. The van der Waals surface area contributed by atoms with Gasteiger partial charge in [0.15, 0.2) is 0 Å². The summed E-state index contributed by atoms with van der Waals surface area (Å²) in [5.41, 5.74) is 6.36. The molecule has 0 aliphatic carbocycles. The number of nitrogens with one attached hydrogen (secondary N) is 1. The van der Waals surface area contributed by atoms with Gasteiger partial charge in [0, 0.05) is 12.1 Å². The summed E-state index contributed by atoms with van der Waals surface area (Å²) in [7, 11) is 0. The highest BCUT2D eigenvalue weighted by Crippen LogP contribution is 2.39. The lowest BCUT2D eigenvalue weighted by molar-refractivity contribution is -0.128. The SMILES string of the molecule is C/C(=N/NC(=O)c1ccc([C@H]2SCC(=O)N2Cc2ccccc2)cc1)c1ccc(F)cc1. The number of thioether (sulfide) groups is 1. The van der Waals surface area contributed by atoms with Crippen molar-refractivity contribution in [3.63, 3.8) is 0 Å². The van der Waals surface area contributed by atoms with Gasteiger partial charge in [0.05, 0.1) is 11.5 Å². The molecule has 162 valence electrons. The second kappa shape index (κ2) is 9.78. The third-order valence-corrected chi connectivity index (χ3v) is 6.47. The van der Waals surface area contributed by atoms with Gasteiger partial charge in [0.2, 0.25) is 5.91 Å². The summed E-state index contributed by atoms with van der Waals surface area (Å²) in [6.45, 7) is 2.29. The summed E-state index contributed by atoms with van der Waals surface area (Å²) in [5.74, 6) is -0.113. The molecule has 0 unspecified atom stereocenters. The van der Waals surface area contributed by atoms with Crippen molar-refractivity contribution in [1.82, 2.24) is 10.3 Å². The van der Waals surface area contributed by atoms with Gasteiger partial charge in [-0.05, 0) is 47.9 Å². The Bertz CT molecular complexity index is 1130. The number of halogens is 1. The largest absolute Gasteiger partial charge is 0.322 e. The van der Waals surface area contributed by atoms with Crippen LogP contribution >= 0.6 is 11.8 Å². The summed E-state index contributed by atoms with van der Waals surface area (Å²) >= 11 is 1.59. The van der Waals surface area contributed by atoms with E-state index in [9.17, 15) is 14.0 Å². The molecule has 5 nitrogen and oxygen atoms in total. The van der Waals surface area contributed by atoms with Crippen molar-refractivity contribution < 1.29 is 14.0 Å². The normalized spacial score (nSPS) is 16.3. The van der Waals surface area contributed by atoms with E-state index < -0.39 is 0 Å². The van der Waals surface area contributed by atoms with Crippen molar-refractivity contribution in [2.24, 2.45) is 5.10 Å². The summed E-state index contributed by atoms with van der Waals surface area (Å²) in [6.07, 6.45) is 0. The molecule has 1 aliphatic heterocycles.